The van der Waals surface area contributed by atoms with Crippen molar-refractivity contribution in [3.63, 3.8) is 0 Å². The molecule has 0 fully saturated rings. The first kappa shape index (κ1) is 22.9. The second kappa shape index (κ2) is 10.5. The maximum Gasteiger partial charge on any atom is 0.247 e. The molecule has 170 valence electrons. The summed E-state index contributed by atoms with van der Waals surface area (Å²) in [5, 5.41) is 21.1. The Morgan fingerprint density at radius 3 is 2.58 bits per heavy atom. The standard InChI is InChI=1S/C27H31N5O/c1-18(2)25-13-23(14-26-31-32-27(33-26)22-8-10-29-11-9-22)19(3)12-24(25)17-30-16-21-6-4-20(15-28)5-7-21/h4-12,18,23-25,30H,13-14,16-17H2,1-3H3. The summed E-state index contributed by atoms with van der Waals surface area (Å²) in [6.45, 7) is 8.62. The molecule has 3 atom stereocenters. The minimum atomic E-state index is 0.415. The Bertz CT molecular complexity index is 1110. The minimum absolute atomic E-state index is 0.415. The number of nitrogens with zero attached hydrogens (tertiary/aromatic N) is 4. The molecule has 6 heteroatoms. The van der Waals surface area contributed by atoms with E-state index in [-0.39, 0.29) is 0 Å². The largest absolute Gasteiger partial charge is 0.421 e. The number of nitriles is 1. The average Bonchev–Trinajstić information content (AvgIpc) is 3.30. The van der Waals surface area contributed by atoms with Gasteiger partial charge in [-0.15, -0.1) is 10.2 Å². The van der Waals surface area contributed by atoms with Crippen LogP contribution < -0.4 is 5.32 Å². The van der Waals surface area contributed by atoms with Crippen LogP contribution in [0.25, 0.3) is 11.5 Å². The lowest BCUT2D eigenvalue weighted by Crippen LogP contribution is -2.34. The molecule has 1 aliphatic rings. The molecule has 33 heavy (non-hydrogen) atoms. The summed E-state index contributed by atoms with van der Waals surface area (Å²) in [7, 11) is 0. The molecule has 0 bridgehead atoms. The lowest BCUT2D eigenvalue weighted by molar-refractivity contribution is 0.218. The molecule has 0 amide bonds. The van der Waals surface area contributed by atoms with E-state index in [2.05, 4.69) is 53.4 Å². The summed E-state index contributed by atoms with van der Waals surface area (Å²) in [5.74, 6) is 3.34. The highest BCUT2D eigenvalue weighted by Crippen LogP contribution is 2.38. The summed E-state index contributed by atoms with van der Waals surface area (Å²) in [6.07, 6.45) is 7.81. The van der Waals surface area contributed by atoms with Gasteiger partial charge in [0.25, 0.3) is 0 Å². The summed E-state index contributed by atoms with van der Waals surface area (Å²) >= 11 is 0. The highest BCUT2D eigenvalue weighted by molar-refractivity contribution is 5.50. The number of rotatable bonds is 8. The Labute approximate surface area is 195 Å². The van der Waals surface area contributed by atoms with E-state index in [9.17, 15) is 0 Å². The molecular weight excluding hydrogens is 410 g/mol. The SMILES string of the molecule is CC1=CC(CNCc2ccc(C#N)cc2)C(C(C)C)CC1Cc1nnc(-c2ccncc2)o1. The van der Waals surface area contributed by atoms with Crippen LogP contribution in [-0.4, -0.2) is 21.7 Å². The Balaban J connectivity index is 1.39. The van der Waals surface area contributed by atoms with Crippen LogP contribution in [-0.2, 0) is 13.0 Å². The second-order valence-electron chi connectivity index (χ2n) is 9.30. The number of nitrogens with one attached hydrogen (secondary N) is 1. The van der Waals surface area contributed by atoms with Crippen LogP contribution in [0.4, 0.5) is 0 Å². The van der Waals surface area contributed by atoms with Crippen LogP contribution in [0.2, 0.25) is 0 Å². The third kappa shape index (κ3) is 5.74. The van der Waals surface area contributed by atoms with Gasteiger partial charge < -0.3 is 9.73 Å². The number of hydrogen-bond donors (Lipinski definition) is 1. The maximum absolute atomic E-state index is 8.96. The zero-order valence-electron chi connectivity index (χ0n) is 19.5. The van der Waals surface area contributed by atoms with E-state index in [4.69, 9.17) is 9.68 Å². The Morgan fingerprint density at radius 1 is 1.12 bits per heavy atom. The topological polar surface area (TPSA) is 87.6 Å². The molecule has 0 spiro atoms. The molecular formula is C27H31N5O. The van der Waals surface area contributed by atoms with E-state index < -0.39 is 0 Å². The zero-order valence-corrected chi connectivity index (χ0v) is 19.5. The lowest BCUT2D eigenvalue weighted by Gasteiger charge is -2.37. The first-order chi connectivity index (χ1) is 16.0. The van der Waals surface area contributed by atoms with Gasteiger partial charge in [-0.2, -0.15) is 5.26 Å². The van der Waals surface area contributed by atoms with Gasteiger partial charge in [-0.3, -0.25) is 4.98 Å². The van der Waals surface area contributed by atoms with E-state index in [1.54, 1.807) is 12.4 Å². The van der Waals surface area contributed by atoms with Crippen molar-refractivity contribution in [1.82, 2.24) is 20.5 Å². The molecule has 0 saturated carbocycles. The van der Waals surface area contributed by atoms with E-state index in [1.165, 1.54) is 11.1 Å². The van der Waals surface area contributed by atoms with Crippen LogP contribution >= 0.6 is 0 Å². The summed E-state index contributed by atoms with van der Waals surface area (Å²) in [5.41, 5.74) is 4.20. The quantitative estimate of drug-likeness (QED) is 0.484. The maximum atomic E-state index is 8.96. The van der Waals surface area contributed by atoms with Crippen LogP contribution in [0, 0.1) is 35.0 Å². The molecule has 6 nitrogen and oxygen atoms in total. The van der Waals surface area contributed by atoms with E-state index in [1.807, 2.05) is 36.4 Å². The lowest BCUT2D eigenvalue weighted by atomic mass is 9.70. The predicted octanol–water partition coefficient (Wildman–Crippen LogP) is 5.19. The predicted molar refractivity (Wildman–Crippen MR) is 128 cm³/mol. The van der Waals surface area contributed by atoms with Crippen molar-refractivity contribution in [3.8, 4) is 17.5 Å². The molecule has 4 rings (SSSR count). The summed E-state index contributed by atoms with van der Waals surface area (Å²) in [4.78, 5) is 4.04. The van der Waals surface area contributed by atoms with Crippen molar-refractivity contribution in [3.05, 3.63) is 77.5 Å². The number of benzene rings is 1. The molecule has 1 aliphatic carbocycles. The summed E-state index contributed by atoms with van der Waals surface area (Å²) < 4.78 is 5.96. The normalized spacial score (nSPS) is 20.5. The van der Waals surface area contributed by atoms with Gasteiger partial charge in [-0.05, 0) is 66.8 Å². The molecule has 2 heterocycles. The van der Waals surface area contributed by atoms with Crippen LogP contribution in [0.3, 0.4) is 0 Å². The van der Waals surface area contributed by atoms with Gasteiger partial charge in [0.1, 0.15) is 0 Å². The van der Waals surface area contributed by atoms with Crippen molar-refractivity contribution in [2.24, 2.45) is 23.7 Å². The Morgan fingerprint density at radius 2 is 1.88 bits per heavy atom. The number of aromatic nitrogens is 3. The fourth-order valence-corrected chi connectivity index (χ4v) is 4.75. The molecule has 3 unspecified atom stereocenters. The van der Waals surface area contributed by atoms with Crippen LogP contribution in [0.1, 0.15) is 44.2 Å². The van der Waals surface area contributed by atoms with Crippen LogP contribution in [0.5, 0.6) is 0 Å². The number of hydrogen-bond acceptors (Lipinski definition) is 6. The van der Waals surface area contributed by atoms with Crippen molar-refractivity contribution in [2.75, 3.05) is 6.54 Å². The van der Waals surface area contributed by atoms with E-state index in [0.717, 1.165) is 31.5 Å². The van der Waals surface area contributed by atoms with Crippen LogP contribution in [0.15, 0.2) is 64.9 Å². The van der Waals surface area contributed by atoms with Gasteiger partial charge >= 0.3 is 0 Å². The van der Waals surface area contributed by atoms with Crippen molar-refractivity contribution in [1.29, 1.82) is 5.26 Å². The zero-order chi connectivity index (χ0) is 23.2. The third-order valence-electron chi connectivity index (χ3n) is 6.69. The van der Waals surface area contributed by atoms with Gasteiger partial charge in [0.05, 0.1) is 11.6 Å². The van der Waals surface area contributed by atoms with E-state index >= 15 is 0 Å². The number of pyridine rings is 1. The molecule has 0 aliphatic heterocycles. The first-order valence-corrected chi connectivity index (χ1v) is 11.6. The van der Waals surface area contributed by atoms with Crippen molar-refractivity contribution in [2.45, 2.75) is 40.2 Å². The molecule has 1 aromatic carbocycles. The van der Waals surface area contributed by atoms with Crippen molar-refractivity contribution < 1.29 is 4.42 Å². The van der Waals surface area contributed by atoms with Gasteiger partial charge in [-0.1, -0.05) is 37.6 Å². The van der Waals surface area contributed by atoms with Gasteiger partial charge in [-0.25, -0.2) is 0 Å². The molecule has 2 aromatic heterocycles. The van der Waals surface area contributed by atoms with Gasteiger partial charge in [0.15, 0.2) is 0 Å². The second-order valence-corrected chi connectivity index (χ2v) is 9.30. The highest BCUT2D eigenvalue weighted by Gasteiger charge is 2.32. The number of allylic oxidation sites excluding steroid dienone is 1. The molecule has 0 saturated heterocycles. The smallest absolute Gasteiger partial charge is 0.247 e. The molecule has 3 aromatic rings. The monoisotopic (exact) mass is 441 g/mol. The molecule has 0 radical (unpaired) electrons. The highest BCUT2D eigenvalue weighted by atomic mass is 16.4. The third-order valence-corrected chi connectivity index (χ3v) is 6.69. The average molecular weight is 442 g/mol. The van der Waals surface area contributed by atoms with Gasteiger partial charge in [0, 0.05) is 37.5 Å². The Hall–Kier alpha value is -3.30. The first-order valence-electron chi connectivity index (χ1n) is 11.6. The van der Waals surface area contributed by atoms with E-state index in [0.29, 0.717) is 41.0 Å². The van der Waals surface area contributed by atoms with Gasteiger partial charge in [0.2, 0.25) is 11.8 Å². The Kier molecular flexibility index (Phi) is 7.31. The van der Waals surface area contributed by atoms with Crippen molar-refractivity contribution >= 4 is 0 Å². The summed E-state index contributed by atoms with van der Waals surface area (Å²) in [6, 6.07) is 13.7. The fourth-order valence-electron chi connectivity index (χ4n) is 4.75. The fraction of sp³-hybridized carbons (Fsp3) is 0.407. The minimum Gasteiger partial charge on any atom is -0.421 e. The molecule has 1 N–H and O–H groups in total.